The first kappa shape index (κ1) is 13.2. The summed E-state index contributed by atoms with van der Waals surface area (Å²) in [5.41, 5.74) is 6.25. The van der Waals surface area contributed by atoms with Gasteiger partial charge in [-0.15, -0.1) is 0 Å². The van der Waals surface area contributed by atoms with Gasteiger partial charge in [-0.3, -0.25) is 4.98 Å². The van der Waals surface area contributed by atoms with Crippen LogP contribution in [-0.4, -0.2) is 55.1 Å². The highest BCUT2D eigenvalue weighted by Crippen LogP contribution is 2.14. The van der Waals surface area contributed by atoms with Gasteiger partial charge in [0.25, 0.3) is 0 Å². The van der Waals surface area contributed by atoms with Gasteiger partial charge in [0, 0.05) is 38.9 Å². The van der Waals surface area contributed by atoms with E-state index in [1.165, 1.54) is 10.6 Å². The van der Waals surface area contributed by atoms with Crippen LogP contribution < -0.4 is 10.6 Å². The maximum Gasteiger partial charge on any atom is 0.211 e. The lowest BCUT2D eigenvalue weighted by atomic mass is 10.3. The standard InChI is InChI=1S/C10H17N5O2S/c1-18(16,17)15-4-2-14(3-5-15)10-8-12-7-9(6-11)13-10/h7-8H,2-6,11H2,1H3. The summed E-state index contributed by atoms with van der Waals surface area (Å²) in [5, 5.41) is 0. The molecule has 1 aromatic heterocycles. The van der Waals surface area contributed by atoms with Crippen molar-refractivity contribution >= 4 is 15.8 Å². The Balaban J connectivity index is 2.05. The largest absolute Gasteiger partial charge is 0.353 e. The van der Waals surface area contributed by atoms with Crippen molar-refractivity contribution in [2.45, 2.75) is 6.54 Å². The summed E-state index contributed by atoms with van der Waals surface area (Å²) >= 11 is 0. The fourth-order valence-electron chi connectivity index (χ4n) is 1.89. The molecule has 2 N–H and O–H groups in total. The topological polar surface area (TPSA) is 92.4 Å². The number of nitrogens with two attached hydrogens (primary N) is 1. The van der Waals surface area contributed by atoms with E-state index in [9.17, 15) is 8.42 Å². The maximum absolute atomic E-state index is 11.4. The molecule has 8 heteroatoms. The average molecular weight is 271 g/mol. The highest BCUT2D eigenvalue weighted by Gasteiger charge is 2.24. The van der Waals surface area contributed by atoms with E-state index < -0.39 is 10.0 Å². The van der Waals surface area contributed by atoms with Crippen molar-refractivity contribution < 1.29 is 8.42 Å². The zero-order valence-electron chi connectivity index (χ0n) is 10.3. The Morgan fingerprint density at radius 1 is 1.28 bits per heavy atom. The van der Waals surface area contributed by atoms with E-state index in [4.69, 9.17) is 5.73 Å². The van der Waals surface area contributed by atoms with Gasteiger partial charge in [0.15, 0.2) is 0 Å². The zero-order valence-corrected chi connectivity index (χ0v) is 11.1. The number of sulfonamides is 1. The first-order valence-electron chi connectivity index (χ1n) is 5.72. The highest BCUT2D eigenvalue weighted by molar-refractivity contribution is 7.88. The molecule has 1 fully saturated rings. The molecule has 0 saturated carbocycles. The summed E-state index contributed by atoms with van der Waals surface area (Å²) in [4.78, 5) is 10.5. The van der Waals surface area contributed by atoms with Crippen LogP contribution in [0.15, 0.2) is 12.4 Å². The summed E-state index contributed by atoms with van der Waals surface area (Å²) in [5.74, 6) is 0.756. The average Bonchev–Trinajstić information content (AvgIpc) is 2.38. The Labute approximate surface area is 107 Å². The van der Waals surface area contributed by atoms with Crippen molar-refractivity contribution in [2.24, 2.45) is 5.73 Å². The number of hydrogen-bond donors (Lipinski definition) is 1. The third-order valence-corrected chi connectivity index (χ3v) is 4.22. The molecular weight excluding hydrogens is 254 g/mol. The predicted octanol–water partition coefficient (Wildman–Crippen LogP) is -0.983. The van der Waals surface area contributed by atoms with E-state index in [2.05, 4.69) is 9.97 Å². The second-order valence-electron chi connectivity index (χ2n) is 4.22. The monoisotopic (exact) mass is 271 g/mol. The van der Waals surface area contributed by atoms with Crippen molar-refractivity contribution in [2.75, 3.05) is 37.3 Å². The molecule has 1 aromatic rings. The number of rotatable bonds is 3. The number of nitrogens with zero attached hydrogens (tertiary/aromatic N) is 4. The molecule has 2 heterocycles. The van der Waals surface area contributed by atoms with Crippen LogP contribution in [0.3, 0.4) is 0 Å². The van der Waals surface area contributed by atoms with E-state index in [1.807, 2.05) is 4.90 Å². The van der Waals surface area contributed by atoms with Crippen LogP contribution in [0.1, 0.15) is 5.69 Å². The first-order valence-corrected chi connectivity index (χ1v) is 7.56. The lowest BCUT2D eigenvalue weighted by Gasteiger charge is -2.33. The number of anilines is 1. The molecule has 0 bridgehead atoms. The third kappa shape index (κ3) is 2.95. The lowest BCUT2D eigenvalue weighted by molar-refractivity contribution is 0.386. The number of hydrogen-bond acceptors (Lipinski definition) is 6. The molecule has 0 amide bonds. The van der Waals surface area contributed by atoms with Crippen LogP contribution in [0.2, 0.25) is 0 Å². The molecule has 2 rings (SSSR count). The highest BCUT2D eigenvalue weighted by atomic mass is 32.2. The molecule has 0 unspecified atom stereocenters. The van der Waals surface area contributed by atoms with Gasteiger partial charge in [0.05, 0.1) is 18.1 Å². The van der Waals surface area contributed by atoms with E-state index in [0.29, 0.717) is 32.7 Å². The molecule has 1 aliphatic heterocycles. The molecule has 100 valence electrons. The minimum absolute atomic E-state index is 0.351. The third-order valence-electron chi connectivity index (χ3n) is 2.91. The normalized spacial score (nSPS) is 18.0. The van der Waals surface area contributed by atoms with Crippen molar-refractivity contribution in [1.29, 1.82) is 0 Å². The number of aromatic nitrogens is 2. The minimum Gasteiger partial charge on any atom is -0.353 e. The second-order valence-corrected chi connectivity index (χ2v) is 6.20. The fourth-order valence-corrected chi connectivity index (χ4v) is 2.72. The molecule has 0 radical (unpaired) electrons. The lowest BCUT2D eigenvalue weighted by Crippen LogP contribution is -2.48. The first-order chi connectivity index (χ1) is 8.50. The summed E-state index contributed by atoms with van der Waals surface area (Å²) in [7, 11) is -3.09. The van der Waals surface area contributed by atoms with E-state index in [0.717, 1.165) is 11.5 Å². The Hall–Kier alpha value is -1.25. The summed E-state index contributed by atoms with van der Waals surface area (Å²) in [6.45, 7) is 2.55. The van der Waals surface area contributed by atoms with Gasteiger partial charge in [-0.2, -0.15) is 4.31 Å². The van der Waals surface area contributed by atoms with Gasteiger partial charge in [-0.1, -0.05) is 0 Å². The summed E-state index contributed by atoms with van der Waals surface area (Å²) in [6, 6.07) is 0. The van der Waals surface area contributed by atoms with Gasteiger partial charge in [0.2, 0.25) is 10.0 Å². The van der Waals surface area contributed by atoms with Gasteiger partial charge in [0.1, 0.15) is 5.82 Å². The van der Waals surface area contributed by atoms with Crippen molar-refractivity contribution in [3.63, 3.8) is 0 Å². The zero-order chi connectivity index (χ0) is 13.2. The van der Waals surface area contributed by atoms with E-state index in [-0.39, 0.29) is 0 Å². The van der Waals surface area contributed by atoms with Crippen LogP contribution in [0, 0.1) is 0 Å². The van der Waals surface area contributed by atoms with Crippen molar-refractivity contribution in [3.8, 4) is 0 Å². The molecule has 0 spiro atoms. The van der Waals surface area contributed by atoms with E-state index >= 15 is 0 Å². The fraction of sp³-hybridized carbons (Fsp3) is 0.600. The van der Waals surface area contributed by atoms with Gasteiger partial charge < -0.3 is 10.6 Å². The van der Waals surface area contributed by atoms with Crippen molar-refractivity contribution in [1.82, 2.24) is 14.3 Å². The minimum atomic E-state index is -3.09. The molecule has 1 saturated heterocycles. The van der Waals surface area contributed by atoms with Crippen LogP contribution in [0.25, 0.3) is 0 Å². The van der Waals surface area contributed by atoms with Crippen LogP contribution in [0.5, 0.6) is 0 Å². The Morgan fingerprint density at radius 3 is 2.50 bits per heavy atom. The Morgan fingerprint density at radius 2 is 1.94 bits per heavy atom. The van der Waals surface area contributed by atoms with Crippen LogP contribution in [-0.2, 0) is 16.6 Å². The molecule has 7 nitrogen and oxygen atoms in total. The summed E-state index contributed by atoms with van der Waals surface area (Å²) < 4.78 is 24.3. The SMILES string of the molecule is CS(=O)(=O)N1CCN(c2cncc(CN)n2)CC1. The Bertz CT molecular complexity index is 511. The molecule has 0 atom stereocenters. The quantitative estimate of drug-likeness (QED) is 0.759. The summed E-state index contributed by atoms with van der Waals surface area (Å²) in [6.07, 6.45) is 4.54. The van der Waals surface area contributed by atoms with Crippen molar-refractivity contribution in [3.05, 3.63) is 18.1 Å². The molecule has 1 aliphatic rings. The predicted molar refractivity (Wildman–Crippen MR) is 68.6 cm³/mol. The van der Waals surface area contributed by atoms with Gasteiger partial charge >= 0.3 is 0 Å². The van der Waals surface area contributed by atoms with Gasteiger partial charge in [-0.05, 0) is 0 Å². The smallest absolute Gasteiger partial charge is 0.211 e. The molecule has 18 heavy (non-hydrogen) atoms. The van der Waals surface area contributed by atoms with E-state index in [1.54, 1.807) is 12.4 Å². The number of piperazine rings is 1. The molecule has 0 aliphatic carbocycles. The maximum atomic E-state index is 11.4. The molecule has 0 aromatic carbocycles. The second kappa shape index (κ2) is 5.17. The molecular formula is C10H17N5O2S. The van der Waals surface area contributed by atoms with Crippen LogP contribution >= 0.6 is 0 Å². The van der Waals surface area contributed by atoms with Crippen LogP contribution in [0.4, 0.5) is 5.82 Å². The van der Waals surface area contributed by atoms with Gasteiger partial charge in [-0.25, -0.2) is 13.4 Å². The Kier molecular flexibility index (Phi) is 3.79.